The zero-order valence-electron chi connectivity index (χ0n) is 13.2. The Bertz CT molecular complexity index is 939. The summed E-state index contributed by atoms with van der Waals surface area (Å²) in [6.07, 6.45) is 1.21. The molecule has 0 saturated heterocycles. The Labute approximate surface area is 139 Å². The number of hydrogen-bond donors (Lipinski definition) is 2. The number of nitrogens with zero attached hydrogens (tertiary/aromatic N) is 1. The molecule has 1 heterocycles. The van der Waals surface area contributed by atoms with Crippen molar-refractivity contribution in [2.45, 2.75) is 12.6 Å². The number of nitrogens with one attached hydrogen (secondary N) is 2. The summed E-state index contributed by atoms with van der Waals surface area (Å²) in [5.74, 6) is 0.154. The monoisotopic (exact) mass is 347 g/mol. The number of H-pyrrole nitrogens is 1. The molecule has 0 amide bonds. The van der Waals surface area contributed by atoms with Crippen molar-refractivity contribution in [2.24, 2.45) is 0 Å². The van der Waals surface area contributed by atoms with Crippen molar-refractivity contribution in [3.8, 4) is 0 Å². The normalized spacial score (nSPS) is 13.2. The van der Waals surface area contributed by atoms with Gasteiger partial charge in [-0.05, 0) is 17.7 Å². The van der Waals surface area contributed by atoms with Crippen LogP contribution in [0.25, 0.3) is 11.0 Å². The predicted octanol–water partition coefficient (Wildman–Crippen LogP) is 2.58. The van der Waals surface area contributed by atoms with Gasteiger partial charge in [0.2, 0.25) is 0 Å². The third-order valence-corrected chi connectivity index (χ3v) is 4.64. The molecule has 7 heteroatoms. The fraction of sp³-hybridized carbons (Fsp3) is 0.235. The molecule has 2 N–H and O–H groups in total. The van der Waals surface area contributed by atoms with E-state index in [-0.39, 0.29) is 23.1 Å². The van der Waals surface area contributed by atoms with Crippen molar-refractivity contribution in [1.29, 1.82) is 0 Å². The van der Waals surface area contributed by atoms with Gasteiger partial charge in [0.15, 0.2) is 5.82 Å². The van der Waals surface area contributed by atoms with Crippen LogP contribution in [0.3, 0.4) is 0 Å². The van der Waals surface area contributed by atoms with Gasteiger partial charge in [-0.1, -0.05) is 36.4 Å². The van der Waals surface area contributed by atoms with Gasteiger partial charge >= 0.3 is 0 Å². The Balaban J connectivity index is 1.80. The molecule has 1 atom stereocenters. The maximum atomic E-state index is 13.7. The largest absolute Gasteiger partial charge is 0.341 e. The topological polar surface area (TPSA) is 74.8 Å². The first-order valence-electron chi connectivity index (χ1n) is 7.51. The molecule has 0 aliphatic carbocycles. The number of aromatic amines is 1. The van der Waals surface area contributed by atoms with Gasteiger partial charge in [-0.15, -0.1) is 0 Å². The first kappa shape index (κ1) is 16.6. The molecule has 3 aromatic rings. The fourth-order valence-electron chi connectivity index (χ4n) is 2.61. The summed E-state index contributed by atoms with van der Waals surface area (Å²) in [6.45, 7) is 0.309. The number of sulfone groups is 1. The molecule has 0 aliphatic heterocycles. The lowest BCUT2D eigenvalue weighted by molar-refractivity contribution is 0.543. The second-order valence-corrected chi connectivity index (χ2v) is 7.94. The molecule has 0 radical (unpaired) electrons. The number of benzene rings is 2. The van der Waals surface area contributed by atoms with Crippen LogP contribution in [0.1, 0.15) is 17.4 Å². The number of imidazole rings is 1. The first-order chi connectivity index (χ1) is 11.4. The Kier molecular flexibility index (Phi) is 4.64. The molecule has 0 bridgehead atoms. The van der Waals surface area contributed by atoms with Crippen LogP contribution >= 0.6 is 0 Å². The second kappa shape index (κ2) is 6.70. The van der Waals surface area contributed by atoms with E-state index in [1.807, 2.05) is 30.3 Å². The van der Waals surface area contributed by atoms with Gasteiger partial charge in [-0.2, -0.15) is 0 Å². The van der Waals surface area contributed by atoms with E-state index in [0.29, 0.717) is 17.9 Å². The van der Waals surface area contributed by atoms with Gasteiger partial charge in [0, 0.05) is 12.3 Å². The van der Waals surface area contributed by atoms with Gasteiger partial charge in [0.1, 0.15) is 21.2 Å². The molecular weight excluding hydrogens is 329 g/mol. The van der Waals surface area contributed by atoms with Gasteiger partial charge in [-0.3, -0.25) is 0 Å². The lowest BCUT2D eigenvalue weighted by atomic mass is 10.1. The van der Waals surface area contributed by atoms with Crippen LogP contribution in [-0.2, 0) is 16.4 Å². The van der Waals surface area contributed by atoms with Crippen LogP contribution in [0.2, 0.25) is 0 Å². The maximum absolute atomic E-state index is 13.7. The van der Waals surface area contributed by atoms with Crippen molar-refractivity contribution in [3.05, 3.63) is 65.7 Å². The van der Waals surface area contributed by atoms with Gasteiger partial charge in [0.25, 0.3) is 0 Å². The van der Waals surface area contributed by atoms with E-state index in [0.717, 1.165) is 5.56 Å². The minimum Gasteiger partial charge on any atom is -0.341 e. The maximum Gasteiger partial charge on any atom is 0.151 e. The lowest BCUT2D eigenvalue weighted by Crippen LogP contribution is -2.27. The van der Waals surface area contributed by atoms with Crippen LogP contribution in [0.5, 0.6) is 0 Å². The Morgan fingerprint density at radius 3 is 2.58 bits per heavy atom. The van der Waals surface area contributed by atoms with E-state index < -0.39 is 9.84 Å². The molecule has 126 valence electrons. The molecule has 0 spiro atoms. The van der Waals surface area contributed by atoms with E-state index in [9.17, 15) is 12.8 Å². The third kappa shape index (κ3) is 3.98. The summed E-state index contributed by atoms with van der Waals surface area (Å²) in [7, 11) is -3.16. The molecule has 5 nitrogen and oxygen atoms in total. The number of halogens is 1. The average molecular weight is 347 g/mol. The summed E-state index contributed by atoms with van der Waals surface area (Å²) in [6, 6.07) is 13.7. The quantitative estimate of drug-likeness (QED) is 0.719. The smallest absolute Gasteiger partial charge is 0.151 e. The van der Waals surface area contributed by atoms with Crippen LogP contribution in [-0.4, -0.2) is 30.4 Å². The van der Waals surface area contributed by atoms with Crippen molar-refractivity contribution in [1.82, 2.24) is 15.3 Å². The lowest BCUT2D eigenvalue weighted by Gasteiger charge is -2.17. The summed E-state index contributed by atoms with van der Waals surface area (Å²) >= 11 is 0. The number of para-hydroxylation sites is 1. The zero-order chi connectivity index (χ0) is 17.2. The molecule has 2 aromatic carbocycles. The van der Waals surface area contributed by atoms with Crippen molar-refractivity contribution < 1.29 is 12.8 Å². The van der Waals surface area contributed by atoms with Gasteiger partial charge < -0.3 is 10.3 Å². The average Bonchev–Trinajstić information content (AvgIpc) is 2.96. The summed E-state index contributed by atoms with van der Waals surface area (Å²) in [4.78, 5) is 7.27. The summed E-state index contributed by atoms with van der Waals surface area (Å²) < 4.78 is 37.1. The molecule has 3 rings (SSSR count). The minimum absolute atomic E-state index is 0.0222. The second-order valence-electron chi connectivity index (χ2n) is 5.76. The van der Waals surface area contributed by atoms with Gasteiger partial charge in [0.05, 0.1) is 17.8 Å². The highest BCUT2D eigenvalue weighted by atomic mass is 32.2. The molecule has 0 aliphatic rings. The van der Waals surface area contributed by atoms with E-state index in [1.165, 1.54) is 12.3 Å². The molecular formula is C17H18FN3O2S. The highest BCUT2D eigenvalue weighted by Gasteiger charge is 2.17. The first-order valence-corrected chi connectivity index (χ1v) is 9.57. The molecule has 1 unspecified atom stereocenters. The number of aromatic nitrogens is 2. The number of fused-ring (bicyclic) bond motifs is 1. The Morgan fingerprint density at radius 1 is 1.17 bits per heavy atom. The van der Waals surface area contributed by atoms with E-state index in [2.05, 4.69) is 15.3 Å². The van der Waals surface area contributed by atoms with Crippen LogP contribution in [0.4, 0.5) is 4.39 Å². The highest BCUT2D eigenvalue weighted by Crippen LogP contribution is 2.17. The van der Waals surface area contributed by atoms with E-state index in [1.54, 1.807) is 12.1 Å². The van der Waals surface area contributed by atoms with Crippen LogP contribution in [0, 0.1) is 5.82 Å². The minimum atomic E-state index is -3.16. The number of hydrogen-bond acceptors (Lipinski definition) is 4. The number of rotatable bonds is 6. The molecule has 1 aromatic heterocycles. The van der Waals surface area contributed by atoms with Crippen LogP contribution in [0.15, 0.2) is 48.5 Å². The summed E-state index contributed by atoms with van der Waals surface area (Å²) in [5, 5.41) is 3.19. The third-order valence-electron chi connectivity index (χ3n) is 3.70. The SMILES string of the molecule is CS(=O)(=O)CC(NCc1nc2c(F)cccc2[nH]1)c1ccccc1. The van der Waals surface area contributed by atoms with Crippen molar-refractivity contribution in [3.63, 3.8) is 0 Å². The predicted molar refractivity (Wildman–Crippen MR) is 91.8 cm³/mol. The summed E-state index contributed by atoms with van der Waals surface area (Å²) in [5.41, 5.74) is 1.78. The van der Waals surface area contributed by atoms with Gasteiger partial charge in [-0.25, -0.2) is 17.8 Å². The molecule has 0 fully saturated rings. The fourth-order valence-corrected chi connectivity index (χ4v) is 3.53. The zero-order valence-corrected chi connectivity index (χ0v) is 14.0. The van der Waals surface area contributed by atoms with E-state index in [4.69, 9.17) is 0 Å². The Hall–Kier alpha value is -2.25. The highest BCUT2D eigenvalue weighted by molar-refractivity contribution is 7.90. The van der Waals surface area contributed by atoms with Crippen molar-refractivity contribution >= 4 is 20.9 Å². The van der Waals surface area contributed by atoms with E-state index >= 15 is 0 Å². The standard InChI is InChI=1S/C17H18FN3O2S/c1-24(22,23)11-15(12-6-3-2-4-7-12)19-10-16-20-14-9-5-8-13(18)17(14)21-16/h2-9,15,19H,10-11H2,1H3,(H,20,21). The molecule has 0 saturated carbocycles. The Morgan fingerprint density at radius 2 is 1.92 bits per heavy atom. The van der Waals surface area contributed by atoms with Crippen molar-refractivity contribution in [2.75, 3.05) is 12.0 Å². The van der Waals surface area contributed by atoms with Crippen LogP contribution < -0.4 is 5.32 Å². The molecule has 24 heavy (non-hydrogen) atoms.